The van der Waals surface area contributed by atoms with Crippen LogP contribution in [0.4, 0.5) is 0 Å². The zero-order valence-electron chi connectivity index (χ0n) is 8.49. The van der Waals surface area contributed by atoms with E-state index in [0.29, 0.717) is 6.61 Å². The van der Waals surface area contributed by atoms with Gasteiger partial charge in [-0.3, -0.25) is 4.79 Å². The number of hydrogen-bond donors (Lipinski definition) is 1. The third kappa shape index (κ3) is 5.53. The topological polar surface area (TPSA) is 72.8 Å². The van der Waals surface area contributed by atoms with Crippen LogP contribution in [0.5, 0.6) is 0 Å². The van der Waals surface area contributed by atoms with Gasteiger partial charge in [0.25, 0.3) is 0 Å². The van der Waals surface area contributed by atoms with E-state index in [-0.39, 0.29) is 6.42 Å². The van der Waals surface area contributed by atoms with Crippen LogP contribution < -0.4 is 0 Å². The molecule has 0 aliphatic heterocycles. The van der Waals surface area contributed by atoms with Gasteiger partial charge in [-0.1, -0.05) is 13.3 Å². The van der Waals surface area contributed by atoms with Gasteiger partial charge in [0.05, 0.1) is 20.1 Å². The van der Waals surface area contributed by atoms with E-state index in [1.807, 2.05) is 6.92 Å². The molecular formula is C9H16O5. The Morgan fingerprint density at radius 3 is 2.57 bits per heavy atom. The van der Waals surface area contributed by atoms with Gasteiger partial charge in [0.2, 0.25) is 0 Å². The fourth-order valence-electron chi connectivity index (χ4n) is 0.767. The van der Waals surface area contributed by atoms with E-state index in [0.717, 1.165) is 20.0 Å². The summed E-state index contributed by atoms with van der Waals surface area (Å²) in [6, 6.07) is 0. The maximum atomic E-state index is 11.0. The number of aliphatic hydroxyl groups is 1. The fraction of sp³-hybridized carbons (Fsp3) is 0.778. The largest absolute Gasteiger partial charge is 0.467 e. The first-order chi connectivity index (χ1) is 6.61. The highest BCUT2D eigenvalue weighted by Gasteiger charge is 2.19. The summed E-state index contributed by atoms with van der Waals surface area (Å²) in [5, 5.41) is 9.07. The van der Waals surface area contributed by atoms with Crippen LogP contribution in [0, 0.1) is 0 Å². The molecule has 0 rings (SSSR count). The zero-order chi connectivity index (χ0) is 11.0. The highest BCUT2D eigenvalue weighted by atomic mass is 16.5. The smallest absolute Gasteiger partial charge is 0.335 e. The van der Waals surface area contributed by atoms with Crippen molar-refractivity contribution in [1.82, 2.24) is 0 Å². The molecule has 0 aromatic carbocycles. The lowest BCUT2D eigenvalue weighted by atomic mass is 10.2. The lowest BCUT2D eigenvalue weighted by Gasteiger charge is -2.07. The third-order valence-corrected chi connectivity index (χ3v) is 1.59. The van der Waals surface area contributed by atoms with Crippen molar-refractivity contribution >= 4 is 11.9 Å². The van der Waals surface area contributed by atoms with Crippen molar-refractivity contribution in [2.24, 2.45) is 0 Å². The molecule has 0 saturated heterocycles. The minimum atomic E-state index is -1.42. The van der Waals surface area contributed by atoms with Crippen molar-refractivity contribution in [3.05, 3.63) is 0 Å². The molecule has 0 bridgehead atoms. The van der Waals surface area contributed by atoms with Crippen molar-refractivity contribution < 1.29 is 24.2 Å². The van der Waals surface area contributed by atoms with Gasteiger partial charge in [-0.2, -0.15) is 0 Å². The summed E-state index contributed by atoms with van der Waals surface area (Å²) in [7, 11) is 1.15. The van der Waals surface area contributed by atoms with E-state index in [1.165, 1.54) is 0 Å². The molecule has 0 aromatic rings. The molecule has 1 atom stereocenters. The first kappa shape index (κ1) is 12.9. The second-order valence-corrected chi connectivity index (χ2v) is 2.82. The summed E-state index contributed by atoms with van der Waals surface area (Å²) >= 11 is 0. The van der Waals surface area contributed by atoms with Crippen molar-refractivity contribution in [3.8, 4) is 0 Å². The van der Waals surface area contributed by atoms with Crippen LogP contribution in [0.2, 0.25) is 0 Å². The van der Waals surface area contributed by atoms with Crippen LogP contribution >= 0.6 is 0 Å². The summed E-state index contributed by atoms with van der Waals surface area (Å²) in [5.41, 5.74) is 0. The number of carbonyl (C=O) groups excluding carboxylic acids is 2. The molecule has 5 nitrogen and oxygen atoms in total. The fourth-order valence-corrected chi connectivity index (χ4v) is 0.767. The monoisotopic (exact) mass is 204 g/mol. The summed E-state index contributed by atoms with van der Waals surface area (Å²) < 4.78 is 8.98. The molecule has 0 spiro atoms. The van der Waals surface area contributed by atoms with Crippen LogP contribution in [0.25, 0.3) is 0 Å². The van der Waals surface area contributed by atoms with Crippen molar-refractivity contribution in [2.45, 2.75) is 32.3 Å². The predicted molar refractivity (Wildman–Crippen MR) is 48.5 cm³/mol. The van der Waals surface area contributed by atoms with E-state index in [1.54, 1.807) is 0 Å². The number of carbonyl (C=O) groups is 2. The maximum absolute atomic E-state index is 11.0. The SMILES string of the molecule is CCCCOC(=O)C[C@H](O)C(=O)OC. The molecule has 0 radical (unpaired) electrons. The van der Waals surface area contributed by atoms with Gasteiger partial charge in [-0.15, -0.1) is 0 Å². The first-order valence-electron chi connectivity index (χ1n) is 4.53. The van der Waals surface area contributed by atoms with E-state index >= 15 is 0 Å². The minimum Gasteiger partial charge on any atom is -0.467 e. The highest BCUT2D eigenvalue weighted by molar-refractivity contribution is 5.81. The number of aliphatic hydroxyl groups excluding tert-OH is 1. The zero-order valence-corrected chi connectivity index (χ0v) is 8.49. The summed E-state index contributed by atoms with van der Waals surface area (Å²) in [6.45, 7) is 2.29. The van der Waals surface area contributed by atoms with E-state index in [9.17, 15) is 9.59 Å². The lowest BCUT2D eigenvalue weighted by Crippen LogP contribution is -2.26. The van der Waals surface area contributed by atoms with Crippen LogP contribution in [-0.4, -0.2) is 36.9 Å². The van der Waals surface area contributed by atoms with Gasteiger partial charge >= 0.3 is 11.9 Å². The molecule has 14 heavy (non-hydrogen) atoms. The number of methoxy groups -OCH3 is 1. The first-order valence-corrected chi connectivity index (χ1v) is 4.53. The molecule has 0 fully saturated rings. The minimum absolute atomic E-state index is 0.323. The van der Waals surface area contributed by atoms with E-state index < -0.39 is 18.0 Å². The van der Waals surface area contributed by atoms with E-state index in [2.05, 4.69) is 4.74 Å². The third-order valence-electron chi connectivity index (χ3n) is 1.59. The molecule has 5 heteroatoms. The van der Waals surface area contributed by atoms with Gasteiger partial charge < -0.3 is 14.6 Å². The molecule has 0 amide bonds. The molecular weight excluding hydrogens is 188 g/mol. The average Bonchev–Trinajstić information content (AvgIpc) is 2.16. The van der Waals surface area contributed by atoms with Crippen molar-refractivity contribution in [3.63, 3.8) is 0 Å². The van der Waals surface area contributed by atoms with Gasteiger partial charge in [0.1, 0.15) is 0 Å². The average molecular weight is 204 g/mol. The summed E-state index contributed by atoms with van der Waals surface area (Å²) in [6.07, 6.45) is -0.0716. The second-order valence-electron chi connectivity index (χ2n) is 2.82. The Balaban J connectivity index is 3.65. The molecule has 0 unspecified atom stereocenters. The van der Waals surface area contributed by atoms with Gasteiger partial charge in [-0.05, 0) is 6.42 Å². The Labute approximate surface area is 83.0 Å². The molecule has 82 valence electrons. The number of hydrogen-bond acceptors (Lipinski definition) is 5. The molecule has 0 saturated carbocycles. The second kappa shape index (κ2) is 7.32. The van der Waals surface area contributed by atoms with Crippen LogP contribution in [0.3, 0.4) is 0 Å². The Bertz CT molecular complexity index is 190. The highest BCUT2D eigenvalue weighted by Crippen LogP contribution is 1.98. The lowest BCUT2D eigenvalue weighted by molar-refractivity contribution is -0.158. The van der Waals surface area contributed by atoms with Crippen molar-refractivity contribution in [2.75, 3.05) is 13.7 Å². The summed E-state index contributed by atoms with van der Waals surface area (Å²) in [5.74, 6) is -1.41. The maximum Gasteiger partial charge on any atom is 0.335 e. The number of rotatable bonds is 6. The van der Waals surface area contributed by atoms with Gasteiger partial charge in [0.15, 0.2) is 6.10 Å². The van der Waals surface area contributed by atoms with Gasteiger partial charge in [-0.25, -0.2) is 4.79 Å². The number of ether oxygens (including phenoxy) is 2. The van der Waals surface area contributed by atoms with Crippen LogP contribution in [0.15, 0.2) is 0 Å². The normalized spacial score (nSPS) is 11.9. The Kier molecular flexibility index (Phi) is 6.74. The summed E-state index contributed by atoms with van der Waals surface area (Å²) in [4.78, 5) is 21.7. The standard InChI is InChI=1S/C9H16O5/c1-3-4-5-14-8(11)6-7(10)9(12)13-2/h7,10H,3-6H2,1-2H3/t7-/m0/s1. The molecule has 0 aliphatic rings. The molecule has 0 aromatic heterocycles. The Morgan fingerprint density at radius 1 is 1.43 bits per heavy atom. The van der Waals surface area contributed by atoms with Gasteiger partial charge in [0, 0.05) is 0 Å². The Morgan fingerprint density at radius 2 is 2.07 bits per heavy atom. The number of esters is 2. The van der Waals surface area contributed by atoms with E-state index in [4.69, 9.17) is 9.84 Å². The van der Waals surface area contributed by atoms with Crippen LogP contribution in [-0.2, 0) is 19.1 Å². The van der Waals surface area contributed by atoms with Crippen LogP contribution in [0.1, 0.15) is 26.2 Å². The number of unbranched alkanes of at least 4 members (excludes halogenated alkanes) is 1. The Hall–Kier alpha value is -1.10. The molecule has 0 aliphatic carbocycles. The predicted octanol–water partition coefficient (Wildman–Crippen LogP) is 0.254. The quantitative estimate of drug-likeness (QED) is 0.496. The molecule has 0 heterocycles. The molecule has 1 N–H and O–H groups in total. The van der Waals surface area contributed by atoms with Crippen molar-refractivity contribution in [1.29, 1.82) is 0 Å².